The van der Waals surface area contributed by atoms with Gasteiger partial charge in [0.05, 0.1) is 19.5 Å². The topological polar surface area (TPSA) is 75.5 Å². The van der Waals surface area contributed by atoms with Gasteiger partial charge in [0.1, 0.15) is 24.2 Å². The number of nitrogens with zero attached hydrogens (tertiary/aromatic N) is 3. The molecule has 9 heteroatoms. The lowest BCUT2D eigenvalue weighted by atomic mass is 10.1. The summed E-state index contributed by atoms with van der Waals surface area (Å²) in [6, 6.07) is 8.54. The lowest BCUT2D eigenvalue weighted by Gasteiger charge is -2.42. The fraction of sp³-hybridized carbons (Fsp3) is 0.455. The van der Waals surface area contributed by atoms with Crippen LogP contribution < -0.4 is 4.74 Å². The van der Waals surface area contributed by atoms with Crippen LogP contribution in [-0.4, -0.2) is 91.6 Å². The number of hydrogen-bond donors (Lipinski definition) is 0. The molecule has 1 aromatic heterocycles. The minimum absolute atomic E-state index is 0.0765. The summed E-state index contributed by atoms with van der Waals surface area (Å²) in [6.45, 7) is 4.47. The van der Waals surface area contributed by atoms with Gasteiger partial charge in [-0.1, -0.05) is 0 Å². The van der Waals surface area contributed by atoms with Crippen LogP contribution in [0.15, 0.2) is 47.1 Å². The van der Waals surface area contributed by atoms with Gasteiger partial charge in [-0.3, -0.25) is 14.5 Å². The third kappa shape index (κ3) is 5.23. The Morgan fingerprint density at radius 3 is 2.55 bits per heavy atom. The fourth-order valence-electron chi connectivity index (χ4n) is 3.86. The van der Waals surface area contributed by atoms with Crippen molar-refractivity contribution in [3.63, 3.8) is 0 Å². The van der Waals surface area contributed by atoms with Gasteiger partial charge in [0.2, 0.25) is 5.91 Å². The van der Waals surface area contributed by atoms with E-state index in [0.29, 0.717) is 64.8 Å². The van der Waals surface area contributed by atoms with E-state index in [4.69, 9.17) is 13.9 Å². The van der Waals surface area contributed by atoms with Gasteiger partial charge >= 0.3 is 0 Å². The molecule has 1 unspecified atom stereocenters. The molecular weight excluding hydrogens is 405 g/mol. The minimum atomic E-state index is -0.602. The van der Waals surface area contributed by atoms with Crippen LogP contribution in [0.3, 0.4) is 0 Å². The maximum Gasteiger partial charge on any atom is 0.290 e. The minimum Gasteiger partial charge on any atom is -0.492 e. The smallest absolute Gasteiger partial charge is 0.290 e. The number of hydrogen-bond acceptors (Lipinski definition) is 6. The van der Waals surface area contributed by atoms with Crippen molar-refractivity contribution in [1.82, 2.24) is 14.7 Å². The number of piperazine rings is 1. The van der Waals surface area contributed by atoms with Crippen LogP contribution in [-0.2, 0) is 9.53 Å². The molecular formula is C22H26FN3O5. The molecule has 0 bridgehead atoms. The highest BCUT2D eigenvalue weighted by Gasteiger charge is 2.38. The molecule has 2 aromatic rings. The van der Waals surface area contributed by atoms with Crippen LogP contribution in [0.1, 0.15) is 10.6 Å². The van der Waals surface area contributed by atoms with Crippen LogP contribution in [0.4, 0.5) is 4.39 Å². The van der Waals surface area contributed by atoms with Gasteiger partial charge in [-0.05, 0) is 36.4 Å². The van der Waals surface area contributed by atoms with Gasteiger partial charge in [0.25, 0.3) is 5.91 Å². The molecule has 2 saturated heterocycles. The normalized spacial score (nSPS) is 20.0. The van der Waals surface area contributed by atoms with Gasteiger partial charge in [0, 0.05) is 39.3 Å². The molecule has 3 heterocycles. The zero-order valence-corrected chi connectivity index (χ0v) is 17.2. The van der Waals surface area contributed by atoms with Crippen molar-refractivity contribution in [2.24, 2.45) is 0 Å². The summed E-state index contributed by atoms with van der Waals surface area (Å²) in [4.78, 5) is 31.7. The molecule has 2 fully saturated rings. The molecule has 1 atom stereocenters. The third-order valence-electron chi connectivity index (χ3n) is 5.56. The van der Waals surface area contributed by atoms with Crippen LogP contribution in [0.25, 0.3) is 0 Å². The highest BCUT2D eigenvalue weighted by Crippen LogP contribution is 2.18. The van der Waals surface area contributed by atoms with Crippen molar-refractivity contribution in [2.45, 2.75) is 6.04 Å². The summed E-state index contributed by atoms with van der Waals surface area (Å²) in [5.74, 6) is 0.155. The summed E-state index contributed by atoms with van der Waals surface area (Å²) in [5, 5.41) is 0. The number of halogens is 1. The maximum atomic E-state index is 13.3. The fourth-order valence-corrected chi connectivity index (χ4v) is 3.86. The zero-order chi connectivity index (χ0) is 21.6. The van der Waals surface area contributed by atoms with Gasteiger partial charge in [-0.25, -0.2) is 4.39 Å². The maximum absolute atomic E-state index is 13.3. The number of furan rings is 1. The summed E-state index contributed by atoms with van der Waals surface area (Å²) >= 11 is 0. The summed E-state index contributed by atoms with van der Waals surface area (Å²) in [6.07, 6.45) is 1.45. The van der Waals surface area contributed by atoms with Gasteiger partial charge < -0.3 is 23.7 Å². The molecule has 0 aliphatic carbocycles. The van der Waals surface area contributed by atoms with E-state index in [0.717, 1.165) is 0 Å². The molecule has 166 valence electrons. The third-order valence-corrected chi connectivity index (χ3v) is 5.56. The first-order chi connectivity index (χ1) is 15.1. The Kier molecular flexibility index (Phi) is 6.83. The highest BCUT2D eigenvalue weighted by molar-refractivity contribution is 5.95. The number of morpholine rings is 1. The Balaban J connectivity index is 1.40. The number of amides is 2. The summed E-state index contributed by atoms with van der Waals surface area (Å²) in [5.41, 5.74) is 0. The quantitative estimate of drug-likeness (QED) is 0.690. The Hall–Kier alpha value is -2.91. The second-order valence-electron chi connectivity index (χ2n) is 7.53. The molecule has 0 N–H and O–H groups in total. The molecule has 0 saturated carbocycles. The van der Waals surface area contributed by atoms with E-state index < -0.39 is 6.04 Å². The van der Waals surface area contributed by atoms with Crippen LogP contribution in [0, 0.1) is 5.82 Å². The lowest BCUT2D eigenvalue weighted by molar-refractivity contribution is -0.142. The predicted octanol–water partition coefficient (Wildman–Crippen LogP) is 1.48. The zero-order valence-electron chi connectivity index (χ0n) is 17.2. The standard InChI is InChI=1S/C22H26FN3O5/c23-17-3-5-18(6-4-17)30-15-9-24-7-8-26(22(28)20-2-1-12-31-20)19(16-24)21(27)25-10-13-29-14-11-25/h1-6,12,19H,7-11,13-16H2. The number of ether oxygens (including phenoxy) is 2. The number of rotatable bonds is 6. The molecule has 31 heavy (non-hydrogen) atoms. The van der Waals surface area contributed by atoms with Crippen molar-refractivity contribution in [3.05, 3.63) is 54.2 Å². The van der Waals surface area contributed by atoms with E-state index in [2.05, 4.69) is 4.90 Å². The molecule has 0 spiro atoms. The molecule has 8 nitrogen and oxygen atoms in total. The molecule has 0 radical (unpaired) electrons. The second-order valence-corrected chi connectivity index (χ2v) is 7.53. The van der Waals surface area contributed by atoms with Gasteiger partial charge in [-0.15, -0.1) is 0 Å². The predicted molar refractivity (Wildman–Crippen MR) is 109 cm³/mol. The van der Waals surface area contributed by atoms with E-state index in [9.17, 15) is 14.0 Å². The first-order valence-electron chi connectivity index (χ1n) is 10.4. The Morgan fingerprint density at radius 1 is 1.06 bits per heavy atom. The van der Waals surface area contributed by atoms with E-state index in [1.54, 1.807) is 34.1 Å². The average molecular weight is 431 g/mol. The van der Waals surface area contributed by atoms with Crippen molar-refractivity contribution < 1.29 is 27.9 Å². The van der Waals surface area contributed by atoms with E-state index >= 15 is 0 Å². The van der Waals surface area contributed by atoms with Gasteiger partial charge in [-0.2, -0.15) is 0 Å². The molecule has 2 aliphatic heterocycles. The van der Waals surface area contributed by atoms with Crippen LogP contribution in [0.5, 0.6) is 5.75 Å². The Morgan fingerprint density at radius 2 is 1.84 bits per heavy atom. The van der Waals surface area contributed by atoms with E-state index in [1.807, 2.05) is 0 Å². The number of carbonyl (C=O) groups excluding carboxylic acids is 2. The SMILES string of the molecule is O=C(C1CN(CCOc2ccc(F)cc2)CCN1C(=O)c1ccco1)N1CCOCC1. The Bertz CT molecular complexity index is 868. The second kappa shape index (κ2) is 9.93. The van der Waals surface area contributed by atoms with Crippen LogP contribution in [0.2, 0.25) is 0 Å². The Labute approximate surface area is 180 Å². The van der Waals surface area contributed by atoms with Crippen molar-refractivity contribution in [2.75, 3.05) is 59.1 Å². The molecule has 1 aromatic carbocycles. The van der Waals surface area contributed by atoms with Gasteiger partial charge in [0.15, 0.2) is 5.76 Å². The molecule has 4 rings (SSSR count). The largest absolute Gasteiger partial charge is 0.492 e. The van der Waals surface area contributed by atoms with Crippen molar-refractivity contribution >= 4 is 11.8 Å². The first kappa shape index (κ1) is 21.3. The first-order valence-corrected chi connectivity index (χ1v) is 10.4. The highest BCUT2D eigenvalue weighted by atomic mass is 19.1. The lowest BCUT2D eigenvalue weighted by Crippen LogP contribution is -2.62. The number of benzene rings is 1. The molecule has 2 amide bonds. The summed E-state index contributed by atoms with van der Waals surface area (Å²) < 4.78 is 29.4. The number of carbonyl (C=O) groups is 2. The monoisotopic (exact) mass is 431 g/mol. The van der Waals surface area contributed by atoms with E-state index in [-0.39, 0.29) is 23.4 Å². The molecule has 2 aliphatic rings. The summed E-state index contributed by atoms with van der Waals surface area (Å²) in [7, 11) is 0. The van der Waals surface area contributed by atoms with Crippen LogP contribution >= 0.6 is 0 Å². The van der Waals surface area contributed by atoms with Crippen molar-refractivity contribution in [1.29, 1.82) is 0 Å². The van der Waals surface area contributed by atoms with E-state index in [1.165, 1.54) is 18.4 Å². The van der Waals surface area contributed by atoms with Crippen molar-refractivity contribution in [3.8, 4) is 5.75 Å². The average Bonchev–Trinajstić information content (AvgIpc) is 3.35.